The Balaban J connectivity index is 1.39. The number of nitrogens with zero attached hydrogens (tertiary/aromatic N) is 2. The van der Waals surface area contributed by atoms with Crippen molar-refractivity contribution in [3.8, 4) is 16.8 Å². The molecule has 1 radical (unpaired) electrons. The number of anilines is 5. The molecule has 0 fully saturated rings. The molecule has 8 aromatic rings. The van der Waals surface area contributed by atoms with Gasteiger partial charge in [0.25, 0.3) is 0 Å². The number of hydrogen-bond donors (Lipinski definition) is 1. The zero-order chi connectivity index (χ0) is 32.7. The monoisotopic (exact) mass is 626 g/mol. The first-order chi connectivity index (χ1) is 24.1. The van der Waals surface area contributed by atoms with Crippen molar-refractivity contribution in [2.45, 2.75) is 19.3 Å². The highest BCUT2D eigenvalue weighted by Gasteiger charge is 2.40. The number of para-hydroxylation sites is 6. The molecule has 0 atom stereocenters. The van der Waals surface area contributed by atoms with E-state index in [-0.39, 0.29) is 5.41 Å². The second-order valence-corrected chi connectivity index (χ2v) is 13.7. The average molecular weight is 627 g/mol. The number of nitrogens with one attached hydrogen (secondary N) is 1. The SMILES string of the molecule is CC1(C)c2cccc3c2-n2c4c1cccc4c1c(N(c4ccccc4)c4ccccc4)cc(-c4ccccc4Nc4ccccc4)c(c12)[B]3. The highest BCUT2D eigenvalue weighted by molar-refractivity contribution is 6.73. The smallest absolute Gasteiger partial charge is 0.197 e. The van der Waals surface area contributed by atoms with Gasteiger partial charge in [0.1, 0.15) is 0 Å². The van der Waals surface area contributed by atoms with Gasteiger partial charge in [0, 0.05) is 50.2 Å². The molecule has 231 valence electrons. The first kappa shape index (κ1) is 28.1. The maximum atomic E-state index is 3.76. The van der Waals surface area contributed by atoms with Crippen molar-refractivity contribution < 1.29 is 0 Å². The Hall–Kier alpha value is -6.00. The number of fused-ring (bicyclic) bond motifs is 1. The van der Waals surface area contributed by atoms with Crippen LogP contribution in [0.4, 0.5) is 28.4 Å². The van der Waals surface area contributed by atoms with Crippen LogP contribution in [0, 0.1) is 0 Å². The van der Waals surface area contributed by atoms with Gasteiger partial charge < -0.3 is 14.8 Å². The topological polar surface area (TPSA) is 20.2 Å². The molecule has 0 spiro atoms. The van der Waals surface area contributed by atoms with Crippen LogP contribution in [0.15, 0.2) is 158 Å². The zero-order valence-electron chi connectivity index (χ0n) is 27.5. The van der Waals surface area contributed by atoms with Gasteiger partial charge in [-0.05, 0) is 70.7 Å². The lowest BCUT2D eigenvalue weighted by molar-refractivity contribution is 0.631. The normalized spacial score (nSPS) is 13.4. The maximum absolute atomic E-state index is 3.76. The summed E-state index contributed by atoms with van der Waals surface area (Å²) in [5.41, 5.74) is 16.9. The van der Waals surface area contributed by atoms with Crippen molar-refractivity contribution in [2.24, 2.45) is 0 Å². The first-order valence-corrected chi connectivity index (χ1v) is 17.0. The highest BCUT2D eigenvalue weighted by Crippen LogP contribution is 2.52. The lowest BCUT2D eigenvalue weighted by Crippen LogP contribution is -2.41. The van der Waals surface area contributed by atoms with E-state index in [4.69, 9.17) is 0 Å². The van der Waals surface area contributed by atoms with Gasteiger partial charge in [0.15, 0.2) is 7.28 Å². The van der Waals surface area contributed by atoms with Crippen LogP contribution in [-0.4, -0.2) is 11.8 Å². The zero-order valence-corrected chi connectivity index (χ0v) is 27.5. The van der Waals surface area contributed by atoms with Crippen molar-refractivity contribution in [3.05, 3.63) is 169 Å². The minimum absolute atomic E-state index is 0.145. The third kappa shape index (κ3) is 4.04. The molecule has 7 aromatic carbocycles. The van der Waals surface area contributed by atoms with E-state index in [1.165, 1.54) is 55.1 Å². The molecule has 3 heterocycles. The number of hydrogen-bond acceptors (Lipinski definition) is 2. The molecule has 2 aliphatic rings. The molecule has 4 heteroatoms. The highest BCUT2D eigenvalue weighted by atomic mass is 15.1. The maximum Gasteiger partial charge on any atom is 0.197 e. The Morgan fingerprint density at radius 3 is 1.96 bits per heavy atom. The van der Waals surface area contributed by atoms with E-state index in [2.05, 4.69) is 194 Å². The predicted octanol–water partition coefficient (Wildman–Crippen LogP) is 10.3. The summed E-state index contributed by atoms with van der Waals surface area (Å²) >= 11 is 0. The summed E-state index contributed by atoms with van der Waals surface area (Å²) in [5, 5.41) is 6.31. The summed E-state index contributed by atoms with van der Waals surface area (Å²) in [5.74, 6) is 0. The van der Waals surface area contributed by atoms with Crippen molar-refractivity contribution in [3.63, 3.8) is 0 Å². The molecule has 10 rings (SSSR count). The molecule has 0 aliphatic carbocycles. The van der Waals surface area contributed by atoms with E-state index < -0.39 is 0 Å². The Bertz CT molecular complexity index is 2530. The fourth-order valence-electron chi connectivity index (χ4n) is 8.36. The van der Waals surface area contributed by atoms with Crippen LogP contribution >= 0.6 is 0 Å². The largest absolute Gasteiger partial charge is 0.355 e. The van der Waals surface area contributed by atoms with Gasteiger partial charge in [-0.1, -0.05) is 129 Å². The molecule has 2 aliphatic heterocycles. The van der Waals surface area contributed by atoms with E-state index in [9.17, 15) is 0 Å². The summed E-state index contributed by atoms with van der Waals surface area (Å²) in [6, 6.07) is 57.0. The molecule has 49 heavy (non-hydrogen) atoms. The molecule has 0 bridgehead atoms. The van der Waals surface area contributed by atoms with Gasteiger partial charge in [0.2, 0.25) is 0 Å². The lowest BCUT2D eigenvalue weighted by atomic mass is 9.57. The summed E-state index contributed by atoms with van der Waals surface area (Å²) in [6.07, 6.45) is 0. The fourth-order valence-corrected chi connectivity index (χ4v) is 8.36. The van der Waals surface area contributed by atoms with Gasteiger partial charge in [-0.25, -0.2) is 0 Å². The number of benzene rings is 7. The lowest BCUT2D eigenvalue weighted by Gasteiger charge is -2.37. The molecule has 0 saturated carbocycles. The van der Waals surface area contributed by atoms with Crippen LogP contribution in [0.1, 0.15) is 25.0 Å². The van der Waals surface area contributed by atoms with E-state index in [0.29, 0.717) is 0 Å². The van der Waals surface area contributed by atoms with Gasteiger partial charge in [-0.3, -0.25) is 0 Å². The van der Waals surface area contributed by atoms with Crippen LogP contribution in [0.25, 0.3) is 38.6 Å². The Morgan fingerprint density at radius 1 is 0.592 bits per heavy atom. The first-order valence-electron chi connectivity index (χ1n) is 17.0. The molecule has 0 unspecified atom stereocenters. The standard InChI is InChI=1S/C45H33BN3/c1-45(2)35-24-14-23-33-40-39(48(30-18-8-4-9-19-30)31-20-10-5-11-21-31)28-34(32-22-12-13-27-38(32)47-29-16-6-3-7-17-29)41-44(40)49(42(33)35)43-36(45)25-15-26-37(43)46-41/h3-28,47H,1-2H3. The van der Waals surface area contributed by atoms with Crippen molar-refractivity contribution >= 4 is 68.4 Å². The van der Waals surface area contributed by atoms with Crippen molar-refractivity contribution in [2.75, 3.05) is 10.2 Å². The van der Waals surface area contributed by atoms with E-state index >= 15 is 0 Å². The van der Waals surface area contributed by atoms with Gasteiger partial charge >= 0.3 is 0 Å². The second-order valence-electron chi connectivity index (χ2n) is 13.7. The molecule has 1 N–H and O–H groups in total. The van der Waals surface area contributed by atoms with E-state index in [1.807, 2.05) is 0 Å². The molecule has 3 nitrogen and oxygen atoms in total. The predicted molar refractivity (Wildman–Crippen MR) is 208 cm³/mol. The number of rotatable bonds is 6. The summed E-state index contributed by atoms with van der Waals surface area (Å²) in [7, 11) is 2.44. The Morgan fingerprint density at radius 2 is 1.22 bits per heavy atom. The van der Waals surface area contributed by atoms with Crippen LogP contribution in [-0.2, 0) is 5.41 Å². The second kappa shape index (κ2) is 10.5. The fraction of sp³-hybridized carbons (Fsp3) is 0.0667. The average Bonchev–Trinajstić information content (AvgIpc) is 3.50. The summed E-state index contributed by atoms with van der Waals surface area (Å²) < 4.78 is 2.60. The van der Waals surface area contributed by atoms with E-state index in [0.717, 1.165) is 34.0 Å². The van der Waals surface area contributed by atoms with Crippen LogP contribution in [0.5, 0.6) is 0 Å². The van der Waals surface area contributed by atoms with Crippen LogP contribution in [0.2, 0.25) is 0 Å². The van der Waals surface area contributed by atoms with Crippen molar-refractivity contribution in [1.29, 1.82) is 0 Å². The summed E-state index contributed by atoms with van der Waals surface area (Å²) in [6.45, 7) is 4.76. The molecule has 1 aromatic heterocycles. The molecular formula is C45H33BN3. The molecular weight excluding hydrogens is 593 g/mol. The minimum Gasteiger partial charge on any atom is -0.355 e. The Labute approximate surface area is 287 Å². The third-order valence-corrected chi connectivity index (χ3v) is 10.5. The summed E-state index contributed by atoms with van der Waals surface area (Å²) in [4.78, 5) is 2.44. The Kier molecular flexibility index (Phi) is 6.01. The van der Waals surface area contributed by atoms with Gasteiger partial charge in [-0.15, -0.1) is 0 Å². The van der Waals surface area contributed by atoms with Crippen LogP contribution in [0.3, 0.4) is 0 Å². The van der Waals surface area contributed by atoms with Gasteiger partial charge in [-0.2, -0.15) is 0 Å². The molecule has 0 amide bonds. The van der Waals surface area contributed by atoms with Gasteiger partial charge in [0.05, 0.1) is 16.7 Å². The minimum atomic E-state index is -0.145. The van der Waals surface area contributed by atoms with Crippen LogP contribution < -0.4 is 21.1 Å². The molecule has 0 saturated heterocycles. The quantitative estimate of drug-likeness (QED) is 0.185. The van der Waals surface area contributed by atoms with E-state index in [1.54, 1.807) is 0 Å². The van der Waals surface area contributed by atoms with Crippen molar-refractivity contribution in [1.82, 2.24) is 4.57 Å². The number of aromatic nitrogens is 1. The third-order valence-electron chi connectivity index (χ3n) is 10.5.